The molecule has 0 unspecified atom stereocenters. The minimum absolute atomic E-state index is 0.257. The van der Waals surface area contributed by atoms with Crippen LogP contribution >= 0.6 is 11.3 Å². The smallest absolute Gasteiger partial charge is 0.277 e. The molecule has 0 fully saturated rings. The van der Waals surface area contributed by atoms with Gasteiger partial charge in [-0.15, -0.1) is 16.4 Å². The molecule has 1 N–H and O–H groups in total. The van der Waals surface area contributed by atoms with E-state index in [0.717, 1.165) is 6.20 Å². The average molecular weight is 367 g/mol. The zero-order chi connectivity index (χ0) is 17.9. The summed E-state index contributed by atoms with van der Waals surface area (Å²) >= 11 is 1.24. The molecule has 0 bridgehead atoms. The van der Waals surface area contributed by atoms with Crippen LogP contribution in [0.15, 0.2) is 54.4 Å². The van der Waals surface area contributed by atoms with Gasteiger partial charge in [0.05, 0.1) is 23.8 Å². The summed E-state index contributed by atoms with van der Waals surface area (Å²) in [6, 6.07) is 6.26. The first-order valence-electron chi connectivity index (χ1n) is 7.40. The molecular formula is C16H10FN7OS. The fraction of sp³-hybridized carbons (Fsp3) is 0. The van der Waals surface area contributed by atoms with Crippen LogP contribution < -0.4 is 5.32 Å². The molecule has 0 saturated heterocycles. The molecule has 4 rings (SSSR count). The first kappa shape index (κ1) is 16.0. The standard InChI is InChI=1S/C16H10FN7OS/c17-10-1-2-12(19-7-10)13-9-26-16(21-13)22-15(25)14-8-20-23-24(14)11-3-5-18-6-4-11/h1-9H,(H,21,22,25). The van der Waals surface area contributed by atoms with E-state index in [2.05, 4.69) is 30.6 Å². The van der Waals surface area contributed by atoms with Crippen LogP contribution in [0.4, 0.5) is 9.52 Å². The summed E-state index contributed by atoms with van der Waals surface area (Å²) in [6.07, 6.45) is 5.68. The molecule has 0 spiro atoms. The Bertz CT molecular complexity index is 1050. The third kappa shape index (κ3) is 3.17. The molecule has 0 radical (unpaired) electrons. The van der Waals surface area contributed by atoms with Crippen molar-refractivity contribution in [3.63, 3.8) is 0 Å². The Morgan fingerprint density at radius 1 is 1.12 bits per heavy atom. The van der Waals surface area contributed by atoms with E-state index in [1.165, 1.54) is 34.3 Å². The molecule has 8 nitrogen and oxygen atoms in total. The topological polar surface area (TPSA) is 98.5 Å². The van der Waals surface area contributed by atoms with E-state index in [9.17, 15) is 9.18 Å². The number of hydrogen-bond donors (Lipinski definition) is 1. The molecule has 128 valence electrons. The van der Waals surface area contributed by atoms with E-state index in [1.54, 1.807) is 29.9 Å². The number of thiazole rings is 1. The van der Waals surface area contributed by atoms with Crippen LogP contribution in [0.3, 0.4) is 0 Å². The summed E-state index contributed by atoms with van der Waals surface area (Å²) in [4.78, 5) is 24.7. The number of nitrogens with one attached hydrogen (secondary N) is 1. The van der Waals surface area contributed by atoms with Crippen LogP contribution in [0.25, 0.3) is 17.1 Å². The summed E-state index contributed by atoms with van der Waals surface area (Å²) in [5.41, 5.74) is 1.99. The maximum atomic E-state index is 13.0. The fourth-order valence-electron chi connectivity index (χ4n) is 2.20. The number of anilines is 1. The highest BCUT2D eigenvalue weighted by molar-refractivity contribution is 7.14. The Balaban J connectivity index is 1.55. The van der Waals surface area contributed by atoms with Gasteiger partial charge in [-0.1, -0.05) is 5.21 Å². The molecular weight excluding hydrogens is 357 g/mol. The van der Waals surface area contributed by atoms with Gasteiger partial charge in [0, 0.05) is 17.8 Å². The lowest BCUT2D eigenvalue weighted by Crippen LogP contribution is -2.16. The number of halogens is 1. The van der Waals surface area contributed by atoms with Crippen molar-refractivity contribution in [3.05, 3.63) is 65.9 Å². The molecule has 0 saturated carbocycles. The minimum atomic E-state index is -0.422. The molecule has 0 aliphatic heterocycles. The van der Waals surface area contributed by atoms with Gasteiger partial charge < -0.3 is 0 Å². The molecule has 26 heavy (non-hydrogen) atoms. The second-order valence-corrected chi connectivity index (χ2v) is 5.95. The highest BCUT2D eigenvalue weighted by Gasteiger charge is 2.16. The van der Waals surface area contributed by atoms with Gasteiger partial charge in [-0.25, -0.2) is 14.1 Å². The first-order chi connectivity index (χ1) is 12.7. The van der Waals surface area contributed by atoms with Crippen LogP contribution in [0.5, 0.6) is 0 Å². The van der Waals surface area contributed by atoms with E-state index >= 15 is 0 Å². The molecule has 0 aromatic carbocycles. The van der Waals surface area contributed by atoms with Gasteiger partial charge >= 0.3 is 0 Å². The van der Waals surface area contributed by atoms with E-state index < -0.39 is 11.7 Å². The Kier molecular flexibility index (Phi) is 4.15. The van der Waals surface area contributed by atoms with Crippen LogP contribution in [0.1, 0.15) is 10.5 Å². The van der Waals surface area contributed by atoms with Gasteiger partial charge in [0.15, 0.2) is 10.8 Å². The number of pyridine rings is 2. The average Bonchev–Trinajstić information content (AvgIpc) is 3.32. The van der Waals surface area contributed by atoms with Crippen LogP contribution in [-0.2, 0) is 0 Å². The lowest BCUT2D eigenvalue weighted by molar-refractivity contribution is 0.101. The predicted octanol–water partition coefficient (Wildman–Crippen LogP) is 2.57. The van der Waals surface area contributed by atoms with Gasteiger partial charge in [-0.3, -0.25) is 20.1 Å². The van der Waals surface area contributed by atoms with Crippen LogP contribution in [0.2, 0.25) is 0 Å². The quantitative estimate of drug-likeness (QED) is 0.595. The van der Waals surface area contributed by atoms with Crippen molar-refractivity contribution in [2.24, 2.45) is 0 Å². The van der Waals surface area contributed by atoms with Gasteiger partial charge in [0.1, 0.15) is 11.5 Å². The number of nitrogens with zero attached hydrogens (tertiary/aromatic N) is 6. The van der Waals surface area contributed by atoms with Crippen molar-refractivity contribution < 1.29 is 9.18 Å². The van der Waals surface area contributed by atoms with Gasteiger partial charge in [0.25, 0.3) is 5.91 Å². The summed E-state index contributed by atoms with van der Waals surface area (Å²) in [5, 5.41) is 12.5. The number of amides is 1. The molecule has 0 atom stereocenters. The summed E-state index contributed by atoms with van der Waals surface area (Å²) in [6.45, 7) is 0. The number of hydrogen-bond acceptors (Lipinski definition) is 7. The largest absolute Gasteiger partial charge is 0.296 e. The van der Waals surface area contributed by atoms with Crippen molar-refractivity contribution >= 4 is 22.4 Å². The van der Waals surface area contributed by atoms with E-state index in [0.29, 0.717) is 22.2 Å². The van der Waals surface area contributed by atoms with Crippen molar-refractivity contribution in [2.45, 2.75) is 0 Å². The molecule has 4 aromatic heterocycles. The lowest BCUT2D eigenvalue weighted by atomic mass is 10.3. The molecule has 4 heterocycles. The first-order valence-corrected chi connectivity index (χ1v) is 8.28. The molecule has 0 aliphatic carbocycles. The summed E-state index contributed by atoms with van der Waals surface area (Å²) in [7, 11) is 0. The molecule has 0 aliphatic rings. The Hall–Kier alpha value is -3.53. The number of aromatic nitrogens is 6. The van der Waals surface area contributed by atoms with Crippen molar-refractivity contribution in [2.75, 3.05) is 5.32 Å². The number of carbonyl (C=O) groups excluding carboxylic acids is 1. The van der Waals surface area contributed by atoms with Crippen molar-refractivity contribution in [1.82, 2.24) is 29.9 Å². The van der Waals surface area contributed by atoms with E-state index in [4.69, 9.17) is 0 Å². The molecule has 10 heteroatoms. The zero-order valence-corrected chi connectivity index (χ0v) is 13.9. The van der Waals surface area contributed by atoms with Gasteiger partial charge in [-0.05, 0) is 24.3 Å². The molecule has 1 amide bonds. The molecule has 4 aromatic rings. The second kappa shape index (κ2) is 6.76. The number of rotatable bonds is 4. The fourth-order valence-corrected chi connectivity index (χ4v) is 2.90. The summed E-state index contributed by atoms with van der Waals surface area (Å²) < 4.78 is 14.4. The summed E-state index contributed by atoms with van der Waals surface area (Å²) in [5.74, 6) is -0.825. The highest BCUT2D eigenvalue weighted by atomic mass is 32.1. The highest BCUT2D eigenvalue weighted by Crippen LogP contribution is 2.24. The van der Waals surface area contributed by atoms with Gasteiger partial charge in [0.2, 0.25) is 0 Å². The normalized spacial score (nSPS) is 10.7. The predicted molar refractivity (Wildman–Crippen MR) is 92.4 cm³/mol. The van der Waals surface area contributed by atoms with Crippen LogP contribution in [-0.4, -0.2) is 35.9 Å². The Morgan fingerprint density at radius 3 is 2.73 bits per heavy atom. The Morgan fingerprint density at radius 2 is 1.96 bits per heavy atom. The third-order valence-corrected chi connectivity index (χ3v) is 4.16. The lowest BCUT2D eigenvalue weighted by Gasteiger charge is -2.05. The van der Waals surface area contributed by atoms with E-state index in [1.807, 2.05) is 0 Å². The number of carbonyl (C=O) groups is 1. The minimum Gasteiger partial charge on any atom is -0.296 e. The van der Waals surface area contributed by atoms with Crippen molar-refractivity contribution in [1.29, 1.82) is 0 Å². The Labute approximate surface area is 150 Å². The van der Waals surface area contributed by atoms with Gasteiger partial charge in [-0.2, -0.15) is 0 Å². The SMILES string of the molecule is O=C(Nc1nc(-c2ccc(F)cn2)cs1)c1cnnn1-c1ccncc1. The maximum Gasteiger partial charge on any atom is 0.277 e. The van der Waals surface area contributed by atoms with E-state index in [-0.39, 0.29) is 5.69 Å². The van der Waals surface area contributed by atoms with Crippen LogP contribution in [0, 0.1) is 5.82 Å². The van der Waals surface area contributed by atoms with Crippen molar-refractivity contribution in [3.8, 4) is 17.1 Å². The zero-order valence-electron chi connectivity index (χ0n) is 13.1. The third-order valence-electron chi connectivity index (χ3n) is 3.40. The second-order valence-electron chi connectivity index (χ2n) is 5.09. The maximum absolute atomic E-state index is 13.0. The monoisotopic (exact) mass is 367 g/mol.